The van der Waals surface area contributed by atoms with Gasteiger partial charge in [-0.05, 0) is 43.3 Å². The molecule has 3 aromatic rings. The summed E-state index contributed by atoms with van der Waals surface area (Å²) >= 11 is 0. The van der Waals surface area contributed by atoms with Crippen LogP contribution in [0.2, 0.25) is 0 Å². The molecule has 3 rings (SSSR count). The van der Waals surface area contributed by atoms with Gasteiger partial charge >= 0.3 is 5.97 Å². The molecular formula is C25H25NO4. The van der Waals surface area contributed by atoms with Crippen molar-refractivity contribution < 1.29 is 19.4 Å². The van der Waals surface area contributed by atoms with Gasteiger partial charge in [0.15, 0.2) is 5.78 Å². The summed E-state index contributed by atoms with van der Waals surface area (Å²) < 4.78 is 5.90. The highest BCUT2D eigenvalue weighted by molar-refractivity contribution is 6.11. The van der Waals surface area contributed by atoms with E-state index in [-0.39, 0.29) is 18.9 Å². The number of aryl methyl sites for hydroxylation is 1. The summed E-state index contributed by atoms with van der Waals surface area (Å²) in [5, 5.41) is 8.88. The van der Waals surface area contributed by atoms with E-state index >= 15 is 0 Å². The maximum Gasteiger partial charge on any atom is 0.317 e. The third kappa shape index (κ3) is 5.55. The zero-order chi connectivity index (χ0) is 21.5. The second kappa shape index (κ2) is 9.85. The number of likely N-dealkylation sites (N-methyl/N-ethyl adjacent to an activating group) is 1. The molecule has 5 nitrogen and oxygen atoms in total. The number of carbonyl (C=O) groups excluding carboxylic acids is 1. The Labute approximate surface area is 176 Å². The molecular weight excluding hydrogens is 378 g/mol. The number of rotatable bonds is 9. The van der Waals surface area contributed by atoms with Crippen LogP contribution in [0.4, 0.5) is 0 Å². The molecule has 0 unspecified atom stereocenters. The van der Waals surface area contributed by atoms with Crippen LogP contribution in [0.3, 0.4) is 0 Å². The number of aliphatic carboxylic acids is 1. The number of ketones is 1. The van der Waals surface area contributed by atoms with Crippen LogP contribution >= 0.6 is 0 Å². The van der Waals surface area contributed by atoms with Crippen LogP contribution in [0.15, 0.2) is 72.8 Å². The first-order valence-corrected chi connectivity index (χ1v) is 9.78. The first-order valence-electron chi connectivity index (χ1n) is 9.78. The lowest BCUT2D eigenvalue weighted by atomic mass is 9.96. The van der Waals surface area contributed by atoms with Gasteiger partial charge in [-0.3, -0.25) is 14.5 Å². The average Bonchev–Trinajstić information content (AvgIpc) is 2.73. The van der Waals surface area contributed by atoms with Crippen molar-refractivity contribution >= 4 is 11.8 Å². The molecule has 0 aliphatic carbocycles. The fourth-order valence-corrected chi connectivity index (χ4v) is 3.21. The molecule has 30 heavy (non-hydrogen) atoms. The van der Waals surface area contributed by atoms with E-state index < -0.39 is 5.97 Å². The van der Waals surface area contributed by atoms with Gasteiger partial charge in [0.1, 0.15) is 12.4 Å². The Kier molecular flexibility index (Phi) is 6.99. The van der Waals surface area contributed by atoms with Gasteiger partial charge in [-0.25, -0.2) is 0 Å². The average molecular weight is 403 g/mol. The van der Waals surface area contributed by atoms with E-state index in [0.29, 0.717) is 23.4 Å². The maximum atomic E-state index is 13.3. The summed E-state index contributed by atoms with van der Waals surface area (Å²) in [7, 11) is 1.72. The number of carboxylic acid groups (broad SMARTS) is 1. The van der Waals surface area contributed by atoms with Crippen molar-refractivity contribution in [3.05, 3.63) is 89.5 Å². The quantitative estimate of drug-likeness (QED) is 0.540. The van der Waals surface area contributed by atoms with Gasteiger partial charge in [0.25, 0.3) is 0 Å². The fourth-order valence-electron chi connectivity index (χ4n) is 3.21. The van der Waals surface area contributed by atoms with Crippen molar-refractivity contribution in [1.82, 2.24) is 4.90 Å². The summed E-state index contributed by atoms with van der Waals surface area (Å²) in [5.41, 5.74) is 4.05. The molecule has 0 saturated carbocycles. The lowest BCUT2D eigenvalue weighted by Gasteiger charge is -2.17. The first kappa shape index (κ1) is 21.3. The lowest BCUT2D eigenvalue weighted by Crippen LogP contribution is -2.29. The van der Waals surface area contributed by atoms with Crippen LogP contribution in [0.25, 0.3) is 11.1 Å². The molecule has 0 radical (unpaired) electrons. The number of ether oxygens (including phenoxy) is 1. The molecule has 3 aromatic carbocycles. The SMILES string of the molecule is Cc1cccc(C(=O)c2cc(-c3ccccc3)ccc2OCCN(C)CC(=O)O)c1. The van der Waals surface area contributed by atoms with E-state index in [2.05, 4.69) is 0 Å². The minimum atomic E-state index is -0.889. The van der Waals surface area contributed by atoms with Crippen molar-refractivity contribution in [3.63, 3.8) is 0 Å². The van der Waals surface area contributed by atoms with E-state index in [1.807, 2.05) is 73.7 Å². The minimum Gasteiger partial charge on any atom is -0.491 e. The zero-order valence-electron chi connectivity index (χ0n) is 17.2. The minimum absolute atomic E-state index is 0.0641. The highest BCUT2D eigenvalue weighted by Gasteiger charge is 2.17. The van der Waals surface area contributed by atoms with Crippen LogP contribution < -0.4 is 4.74 Å². The van der Waals surface area contributed by atoms with Crippen LogP contribution in [-0.4, -0.2) is 48.5 Å². The molecule has 0 bridgehead atoms. The van der Waals surface area contributed by atoms with E-state index in [0.717, 1.165) is 16.7 Å². The van der Waals surface area contributed by atoms with E-state index in [9.17, 15) is 9.59 Å². The first-order chi connectivity index (χ1) is 14.4. The predicted molar refractivity (Wildman–Crippen MR) is 117 cm³/mol. The summed E-state index contributed by atoms with van der Waals surface area (Å²) in [6.45, 7) is 2.60. The smallest absolute Gasteiger partial charge is 0.317 e. The molecule has 1 N–H and O–H groups in total. The molecule has 0 fully saturated rings. The molecule has 0 aliphatic heterocycles. The number of hydrogen-bond donors (Lipinski definition) is 1. The fraction of sp³-hybridized carbons (Fsp3) is 0.200. The molecule has 0 atom stereocenters. The Hall–Kier alpha value is -3.44. The number of carbonyl (C=O) groups is 2. The molecule has 0 saturated heterocycles. The second-order valence-corrected chi connectivity index (χ2v) is 7.26. The Morgan fingerprint density at radius 3 is 2.40 bits per heavy atom. The van der Waals surface area contributed by atoms with Gasteiger partial charge in [0.2, 0.25) is 0 Å². The normalized spacial score (nSPS) is 10.8. The molecule has 0 spiro atoms. The Bertz CT molecular complexity index is 1030. The monoisotopic (exact) mass is 403 g/mol. The number of benzene rings is 3. The van der Waals surface area contributed by atoms with Crippen LogP contribution in [-0.2, 0) is 4.79 Å². The Morgan fingerprint density at radius 1 is 0.933 bits per heavy atom. The van der Waals surface area contributed by atoms with Crippen LogP contribution in [0.1, 0.15) is 21.5 Å². The number of carboxylic acids is 1. The van der Waals surface area contributed by atoms with E-state index in [4.69, 9.17) is 9.84 Å². The standard InChI is InChI=1S/C25H25NO4/c1-18-7-6-10-21(15-18)25(29)22-16-20(19-8-4-3-5-9-19)11-12-23(22)30-14-13-26(2)17-24(27)28/h3-12,15-16H,13-14,17H2,1-2H3,(H,27,28). The van der Waals surface area contributed by atoms with Gasteiger partial charge in [0.05, 0.1) is 12.1 Å². The topological polar surface area (TPSA) is 66.8 Å². The van der Waals surface area contributed by atoms with Crippen LogP contribution in [0.5, 0.6) is 5.75 Å². The second-order valence-electron chi connectivity index (χ2n) is 7.26. The van der Waals surface area contributed by atoms with Crippen molar-refractivity contribution in [2.75, 3.05) is 26.7 Å². The molecule has 5 heteroatoms. The van der Waals surface area contributed by atoms with Gasteiger partial charge < -0.3 is 9.84 Å². The summed E-state index contributed by atoms with van der Waals surface area (Å²) in [6.07, 6.45) is 0. The molecule has 0 aromatic heterocycles. The number of nitrogens with zero attached hydrogens (tertiary/aromatic N) is 1. The Morgan fingerprint density at radius 2 is 1.70 bits per heavy atom. The van der Waals surface area contributed by atoms with E-state index in [1.54, 1.807) is 18.0 Å². The molecule has 0 amide bonds. The molecule has 0 aliphatic rings. The summed E-state index contributed by atoms with van der Waals surface area (Å²) in [6, 6.07) is 22.9. The maximum absolute atomic E-state index is 13.3. The zero-order valence-corrected chi connectivity index (χ0v) is 17.2. The van der Waals surface area contributed by atoms with Crippen molar-refractivity contribution in [3.8, 4) is 16.9 Å². The molecule has 154 valence electrons. The van der Waals surface area contributed by atoms with Gasteiger partial charge in [-0.2, -0.15) is 0 Å². The predicted octanol–water partition coefficient (Wildman–Crippen LogP) is 4.29. The van der Waals surface area contributed by atoms with Gasteiger partial charge in [-0.15, -0.1) is 0 Å². The van der Waals surface area contributed by atoms with Crippen molar-refractivity contribution in [2.45, 2.75) is 6.92 Å². The van der Waals surface area contributed by atoms with Crippen molar-refractivity contribution in [2.24, 2.45) is 0 Å². The third-order valence-electron chi connectivity index (χ3n) is 4.75. The third-order valence-corrected chi connectivity index (χ3v) is 4.75. The summed E-state index contributed by atoms with van der Waals surface area (Å²) in [5.74, 6) is -0.504. The highest BCUT2D eigenvalue weighted by Crippen LogP contribution is 2.29. The Balaban J connectivity index is 1.89. The van der Waals surface area contributed by atoms with Crippen LogP contribution in [0, 0.1) is 6.92 Å². The largest absolute Gasteiger partial charge is 0.491 e. The number of hydrogen-bond acceptors (Lipinski definition) is 4. The molecule has 0 heterocycles. The van der Waals surface area contributed by atoms with E-state index in [1.165, 1.54) is 0 Å². The van der Waals surface area contributed by atoms with Gasteiger partial charge in [0, 0.05) is 12.1 Å². The van der Waals surface area contributed by atoms with Gasteiger partial charge in [-0.1, -0.05) is 60.2 Å². The lowest BCUT2D eigenvalue weighted by molar-refractivity contribution is -0.138. The highest BCUT2D eigenvalue weighted by atomic mass is 16.5. The van der Waals surface area contributed by atoms with Crippen molar-refractivity contribution in [1.29, 1.82) is 0 Å². The summed E-state index contributed by atoms with van der Waals surface area (Å²) in [4.78, 5) is 25.7.